The van der Waals surface area contributed by atoms with E-state index < -0.39 is 11.7 Å². The number of halogens is 3. The van der Waals surface area contributed by atoms with Crippen LogP contribution in [0.4, 0.5) is 24.5 Å². The van der Waals surface area contributed by atoms with Crippen molar-refractivity contribution < 1.29 is 18.3 Å². The quantitative estimate of drug-likeness (QED) is 0.701. The van der Waals surface area contributed by atoms with Crippen molar-refractivity contribution in [2.75, 3.05) is 11.1 Å². The highest BCUT2D eigenvalue weighted by molar-refractivity contribution is 5.58. The molecule has 1 aromatic rings. The molecule has 0 heterocycles. The third-order valence-corrected chi connectivity index (χ3v) is 2.84. The number of hydrogen-bond acceptors (Lipinski definition) is 3. The molecule has 1 aliphatic carbocycles. The Hall–Kier alpha value is -1.43. The first-order chi connectivity index (χ1) is 7.86. The summed E-state index contributed by atoms with van der Waals surface area (Å²) in [6, 6.07) is 3.78. The van der Waals surface area contributed by atoms with E-state index in [9.17, 15) is 13.2 Å². The summed E-state index contributed by atoms with van der Waals surface area (Å²) in [5.74, 6) is 0. The molecule has 1 saturated carbocycles. The lowest BCUT2D eigenvalue weighted by Gasteiger charge is -2.33. The maximum Gasteiger partial charge on any atom is 0.418 e. The fourth-order valence-corrected chi connectivity index (χ4v) is 1.83. The molecule has 0 atom stereocenters. The minimum atomic E-state index is -4.44. The van der Waals surface area contributed by atoms with Gasteiger partial charge in [-0.3, -0.25) is 0 Å². The van der Waals surface area contributed by atoms with Crippen LogP contribution in [-0.4, -0.2) is 17.3 Å². The molecule has 3 nitrogen and oxygen atoms in total. The van der Waals surface area contributed by atoms with Gasteiger partial charge in [0.05, 0.1) is 11.7 Å². The summed E-state index contributed by atoms with van der Waals surface area (Å²) < 4.78 is 37.7. The number of anilines is 2. The second kappa shape index (κ2) is 4.10. The van der Waals surface area contributed by atoms with E-state index >= 15 is 0 Å². The number of rotatable bonds is 2. The lowest BCUT2D eigenvalue weighted by atomic mass is 9.89. The SMILES string of the molecule is Nc1ccc(NC2CC(O)C2)cc1C(F)(F)F. The summed E-state index contributed by atoms with van der Waals surface area (Å²) in [4.78, 5) is 0. The van der Waals surface area contributed by atoms with Crippen LogP contribution in [0.5, 0.6) is 0 Å². The Labute approximate surface area is 96.4 Å². The third kappa shape index (κ3) is 2.63. The number of nitrogens with one attached hydrogen (secondary N) is 1. The topological polar surface area (TPSA) is 58.3 Å². The van der Waals surface area contributed by atoms with Crippen LogP contribution in [0.25, 0.3) is 0 Å². The summed E-state index contributed by atoms with van der Waals surface area (Å²) in [6.45, 7) is 0. The van der Waals surface area contributed by atoms with E-state index in [0.29, 0.717) is 18.5 Å². The van der Waals surface area contributed by atoms with Crippen molar-refractivity contribution >= 4 is 11.4 Å². The van der Waals surface area contributed by atoms with Gasteiger partial charge in [0.1, 0.15) is 0 Å². The fourth-order valence-electron chi connectivity index (χ4n) is 1.83. The predicted molar refractivity (Wildman–Crippen MR) is 58.5 cm³/mol. The van der Waals surface area contributed by atoms with Gasteiger partial charge in [0.2, 0.25) is 0 Å². The van der Waals surface area contributed by atoms with Crippen LogP contribution in [0, 0.1) is 0 Å². The lowest BCUT2D eigenvalue weighted by molar-refractivity contribution is -0.136. The van der Waals surface area contributed by atoms with Gasteiger partial charge in [0, 0.05) is 17.4 Å². The molecule has 0 radical (unpaired) electrons. The van der Waals surface area contributed by atoms with Gasteiger partial charge in [-0.2, -0.15) is 13.2 Å². The van der Waals surface area contributed by atoms with E-state index in [4.69, 9.17) is 10.8 Å². The minimum Gasteiger partial charge on any atom is -0.398 e. The standard InChI is InChI=1S/C11H13F3N2O/c12-11(13,14)9-5-6(1-2-10(9)15)16-7-3-8(17)4-7/h1-2,5,7-8,16-17H,3-4,15H2. The van der Waals surface area contributed by atoms with Crippen molar-refractivity contribution in [3.05, 3.63) is 23.8 Å². The average Bonchev–Trinajstić information content (AvgIpc) is 2.16. The molecule has 1 fully saturated rings. The third-order valence-electron chi connectivity index (χ3n) is 2.84. The molecule has 0 unspecified atom stereocenters. The van der Waals surface area contributed by atoms with E-state index in [2.05, 4.69) is 5.32 Å². The molecule has 94 valence electrons. The van der Waals surface area contributed by atoms with E-state index in [1.165, 1.54) is 12.1 Å². The highest BCUT2D eigenvalue weighted by Gasteiger charge is 2.33. The van der Waals surface area contributed by atoms with Crippen molar-refractivity contribution in [3.63, 3.8) is 0 Å². The number of alkyl halides is 3. The molecule has 2 rings (SSSR count). The van der Waals surface area contributed by atoms with Crippen LogP contribution in [0.1, 0.15) is 18.4 Å². The highest BCUT2D eigenvalue weighted by Crippen LogP contribution is 2.35. The Morgan fingerprint density at radius 2 is 1.94 bits per heavy atom. The largest absolute Gasteiger partial charge is 0.418 e. The average molecular weight is 246 g/mol. The van der Waals surface area contributed by atoms with Gasteiger partial charge < -0.3 is 16.2 Å². The Morgan fingerprint density at radius 1 is 1.29 bits per heavy atom. The number of nitrogens with two attached hydrogens (primary N) is 1. The molecule has 0 aliphatic heterocycles. The van der Waals surface area contributed by atoms with Gasteiger partial charge >= 0.3 is 6.18 Å². The molecular formula is C11H13F3N2O. The predicted octanol–water partition coefficient (Wildman–Crippen LogP) is 2.22. The van der Waals surface area contributed by atoms with Crippen LogP contribution in [0.15, 0.2) is 18.2 Å². The van der Waals surface area contributed by atoms with Gasteiger partial charge in [-0.25, -0.2) is 0 Å². The first kappa shape index (κ1) is 12.0. The Kier molecular flexibility index (Phi) is 2.91. The summed E-state index contributed by atoms with van der Waals surface area (Å²) in [6.07, 6.45) is -3.67. The van der Waals surface area contributed by atoms with Crippen molar-refractivity contribution in [1.29, 1.82) is 0 Å². The molecule has 4 N–H and O–H groups in total. The molecule has 1 aliphatic rings. The normalized spacial score (nSPS) is 24.2. The Morgan fingerprint density at radius 3 is 2.47 bits per heavy atom. The van der Waals surface area contributed by atoms with Gasteiger partial charge in [-0.05, 0) is 31.0 Å². The van der Waals surface area contributed by atoms with Crippen LogP contribution >= 0.6 is 0 Å². The molecule has 0 spiro atoms. The van der Waals surface area contributed by atoms with Gasteiger partial charge in [-0.15, -0.1) is 0 Å². The van der Waals surface area contributed by atoms with E-state index in [1.807, 2.05) is 0 Å². The van der Waals surface area contributed by atoms with Gasteiger partial charge in [0.15, 0.2) is 0 Å². The van der Waals surface area contributed by atoms with E-state index in [0.717, 1.165) is 6.07 Å². The number of aliphatic hydroxyl groups is 1. The molecule has 0 amide bonds. The number of aliphatic hydroxyl groups excluding tert-OH is 1. The fraction of sp³-hybridized carbons (Fsp3) is 0.455. The molecule has 0 saturated heterocycles. The van der Waals surface area contributed by atoms with Gasteiger partial charge in [0.25, 0.3) is 0 Å². The van der Waals surface area contributed by atoms with Crippen LogP contribution in [-0.2, 0) is 6.18 Å². The Bertz CT molecular complexity index is 414. The first-order valence-electron chi connectivity index (χ1n) is 5.27. The zero-order valence-electron chi connectivity index (χ0n) is 8.96. The summed E-state index contributed by atoms with van der Waals surface area (Å²) in [7, 11) is 0. The zero-order chi connectivity index (χ0) is 12.6. The maximum atomic E-state index is 12.6. The molecular weight excluding hydrogens is 233 g/mol. The smallest absolute Gasteiger partial charge is 0.398 e. The Balaban J connectivity index is 2.14. The maximum absolute atomic E-state index is 12.6. The van der Waals surface area contributed by atoms with Crippen molar-refractivity contribution in [2.45, 2.75) is 31.2 Å². The monoisotopic (exact) mass is 246 g/mol. The summed E-state index contributed by atoms with van der Waals surface area (Å²) in [5.41, 5.74) is 4.55. The van der Waals surface area contributed by atoms with Crippen molar-refractivity contribution in [1.82, 2.24) is 0 Å². The molecule has 0 aromatic heterocycles. The second-order valence-corrected chi connectivity index (χ2v) is 4.27. The number of nitrogen functional groups attached to an aromatic ring is 1. The molecule has 6 heteroatoms. The van der Waals surface area contributed by atoms with Crippen LogP contribution in [0.2, 0.25) is 0 Å². The zero-order valence-corrected chi connectivity index (χ0v) is 8.96. The number of hydrogen-bond donors (Lipinski definition) is 3. The van der Waals surface area contributed by atoms with Crippen LogP contribution < -0.4 is 11.1 Å². The summed E-state index contributed by atoms with van der Waals surface area (Å²) >= 11 is 0. The molecule has 17 heavy (non-hydrogen) atoms. The minimum absolute atomic E-state index is 0.0368. The summed E-state index contributed by atoms with van der Waals surface area (Å²) in [5, 5.41) is 12.0. The van der Waals surface area contributed by atoms with E-state index in [-0.39, 0.29) is 17.8 Å². The van der Waals surface area contributed by atoms with Crippen molar-refractivity contribution in [3.8, 4) is 0 Å². The van der Waals surface area contributed by atoms with Crippen LogP contribution in [0.3, 0.4) is 0 Å². The highest BCUT2D eigenvalue weighted by atomic mass is 19.4. The lowest BCUT2D eigenvalue weighted by Crippen LogP contribution is -2.38. The molecule has 1 aromatic carbocycles. The van der Waals surface area contributed by atoms with E-state index in [1.54, 1.807) is 0 Å². The first-order valence-corrected chi connectivity index (χ1v) is 5.27. The second-order valence-electron chi connectivity index (χ2n) is 4.27. The molecule has 0 bridgehead atoms. The van der Waals surface area contributed by atoms with Gasteiger partial charge in [-0.1, -0.05) is 0 Å². The number of benzene rings is 1. The van der Waals surface area contributed by atoms with Crippen molar-refractivity contribution in [2.24, 2.45) is 0 Å².